The Kier molecular flexibility index (Phi) is 4.24. The number of benzene rings is 1. The van der Waals surface area contributed by atoms with Gasteiger partial charge in [0.15, 0.2) is 0 Å². The van der Waals surface area contributed by atoms with Crippen LogP contribution < -0.4 is 0 Å². The number of nitrogens with zero attached hydrogens (tertiary/aromatic N) is 1. The maximum Gasteiger partial charge on any atom is 0.0273 e. The zero-order valence-electron chi connectivity index (χ0n) is 9.14. The monoisotopic (exact) mass is 213 g/mol. The lowest BCUT2D eigenvalue weighted by atomic mass is 9.99. The van der Waals surface area contributed by atoms with Gasteiger partial charge in [-0.3, -0.25) is 4.98 Å². The van der Waals surface area contributed by atoms with Crippen molar-refractivity contribution >= 4 is 0 Å². The highest BCUT2D eigenvalue weighted by Gasteiger charge is 2.00. The van der Waals surface area contributed by atoms with Crippen LogP contribution in [0, 0.1) is 0 Å². The van der Waals surface area contributed by atoms with E-state index >= 15 is 0 Å². The molecular weight excluding hydrogens is 194 g/mol. The predicted molar refractivity (Wildman–Crippen MR) is 70.5 cm³/mol. The summed E-state index contributed by atoms with van der Waals surface area (Å²) in [4.78, 5) is 4.02. The Bertz CT molecular complexity index is 415. The van der Waals surface area contributed by atoms with Gasteiger partial charge in [-0.05, 0) is 34.7 Å². The zero-order valence-corrected chi connectivity index (χ0v) is 9.14. The topological polar surface area (TPSA) is 12.9 Å². The molecule has 2 rings (SSSR count). The summed E-state index contributed by atoms with van der Waals surface area (Å²) in [6, 6.07) is 12.8. The third kappa shape index (κ3) is 2.69. The fourth-order valence-electron chi connectivity index (χ4n) is 1.60. The lowest BCUT2D eigenvalue weighted by molar-refractivity contribution is 0.867. The van der Waals surface area contributed by atoms with E-state index in [0.29, 0.717) is 5.92 Å². The van der Waals surface area contributed by atoms with Crippen molar-refractivity contribution in [3.05, 3.63) is 54.4 Å². The molecule has 0 aliphatic heterocycles. The van der Waals surface area contributed by atoms with Crippen molar-refractivity contribution in [2.75, 3.05) is 0 Å². The summed E-state index contributed by atoms with van der Waals surface area (Å²) in [7, 11) is 0. The van der Waals surface area contributed by atoms with Crippen LogP contribution in [0.25, 0.3) is 11.1 Å². The van der Waals surface area contributed by atoms with Crippen LogP contribution in [0.3, 0.4) is 0 Å². The maximum absolute atomic E-state index is 4.02. The van der Waals surface area contributed by atoms with Gasteiger partial charge in [-0.1, -0.05) is 45.5 Å². The zero-order chi connectivity index (χ0) is 10.7. The van der Waals surface area contributed by atoms with Gasteiger partial charge in [0.05, 0.1) is 0 Å². The molecule has 2 aromatic rings. The Morgan fingerprint density at radius 2 is 1.31 bits per heavy atom. The van der Waals surface area contributed by atoms with Crippen molar-refractivity contribution in [2.24, 2.45) is 0 Å². The van der Waals surface area contributed by atoms with E-state index in [1.165, 1.54) is 16.7 Å². The Morgan fingerprint density at radius 3 is 1.81 bits per heavy atom. The minimum atomic E-state index is 0. The largest absolute Gasteiger partial charge is 0.265 e. The predicted octanol–water partition coefficient (Wildman–Crippen LogP) is 4.51. The molecule has 1 heteroatoms. The Morgan fingerprint density at radius 1 is 0.812 bits per heavy atom. The second-order valence-corrected chi connectivity index (χ2v) is 4.01. The molecule has 0 aliphatic rings. The van der Waals surface area contributed by atoms with Gasteiger partial charge in [-0.25, -0.2) is 0 Å². The smallest absolute Gasteiger partial charge is 0.0273 e. The average molecular weight is 213 g/mol. The Labute approximate surface area is 98.2 Å². The van der Waals surface area contributed by atoms with E-state index in [0.717, 1.165) is 0 Å². The van der Waals surface area contributed by atoms with Crippen molar-refractivity contribution < 1.29 is 0 Å². The molecule has 0 aliphatic carbocycles. The third-order valence-electron chi connectivity index (χ3n) is 2.59. The van der Waals surface area contributed by atoms with Crippen LogP contribution in [0.1, 0.15) is 32.8 Å². The van der Waals surface area contributed by atoms with Gasteiger partial charge in [0.25, 0.3) is 0 Å². The summed E-state index contributed by atoms with van der Waals surface area (Å²) >= 11 is 0. The quantitative estimate of drug-likeness (QED) is 0.715. The Balaban J connectivity index is 0.00000128. The highest BCUT2D eigenvalue weighted by atomic mass is 14.6. The first kappa shape index (κ1) is 12.4. The van der Waals surface area contributed by atoms with Gasteiger partial charge in [0.2, 0.25) is 0 Å². The molecule has 0 saturated carbocycles. The van der Waals surface area contributed by atoms with E-state index < -0.39 is 0 Å². The van der Waals surface area contributed by atoms with Crippen LogP contribution in [0.5, 0.6) is 0 Å². The molecule has 0 N–H and O–H groups in total. The standard InChI is InChI=1S/C14H15N.CH4/c1-11(2)12-3-5-13(6-4-12)14-7-9-15-10-8-14;/h3-11H,1-2H3;1H4. The number of rotatable bonds is 2. The van der Waals surface area contributed by atoms with Crippen LogP contribution in [-0.4, -0.2) is 4.98 Å². The van der Waals surface area contributed by atoms with Crippen LogP contribution >= 0.6 is 0 Å². The van der Waals surface area contributed by atoms with Crippen molar-refractivity contribution in [3.8, 4) is 11.1 Å². The number of pyridine rings is 1. The van der Waals surface area contributed by atoms with Gasteiger partial charge in [0.1, 0.15) is 0 Å². The molecule has 0 unspecified atom stereocenters. The van der Waals surface area contributed by atoms with Gasteiger partial charge < -0.3 is 0 Å². The van der Waals surface area contributed by atoms with E-state index in [-0.39, 0.29) is 7.43 Å². The molecule has 0 spiro atoms. The van der Waals surface area contributed by atoms with Crippen molar-refractivity contribution in [2.45, 2.75) is 27.2 Å². The minimum absolute atomic E-state index is 0. The van der Waals surface area contributed by atoms with Gasteiger partial charge in [-0.15, -0.1) is 0 Å². The normalized spacial score (nSPS) is 9.94. The molecule has 84 valence electrons. The fraction of sp³-hybridized carbons (Fsp3) is 0.267. The summed E-state index contributed by atoms with van der Waals surface area (Å²) in [5.41, 5.74) is 3.86. The maximum atomic E-state index is 4.02. The van der Waals surface area contributed by atoms with Crippen LogP contribution in [0.4, 0.5) is 0 Å². The number of hydrogen-bond donors (Lipinski definition) is 0. The molecule has 1 nitrogen and oxygen atoms in total. The van der Waals surface area contributed by atoms with E-state index in [1.807, 2.05) is 24.5 Å². The SMILES string of the molecule is C.CC(C)c1ccc(-c2ccncc2)cc1. The summed E-state index contributed by atoms with van der Waals surface area (Å²) in [6.07, 6.45) is 3.65. The molecule has 0 amide bonds. The highest BCUT2D eigenvalue weighted by molar-refractivity contribution is 5.62. The lowest BCUT2D eigenvalue weighted by Gasteiger charge is -2.06. The van der Waals surface area contributed by atoms with Gasteiger partial charge >= 0.3 is 0 Å². The summed E-state index contributed by atoms with van der Waals surface area (Å²) < 4.78 is 0. The second kappa shape index (κ2) is 5.45. The molecule has 0 bridgehead atoms. The molecule has 1 heterocycles. The molecule has 0 radical (unpaired) electrons. The first-order valence-corrected chi connectivity index (χ1v) is 5.28. The molecular formula is C15H19N. The molecule has 1 aromatic heterocycles. The molecule has 0 fully saturated rings. The fourth-order valence-corrected chi connectivity index (χ4v) is 1.60. The first-order valence-electron chi connectivity index (χ1n) is 5.28. The number of aromatic nitrogens is 1. The van der Waals surface area contributed by atoms with Crippen LogP contribution in [0.15, 0.2) is 48.8 Å². The van der Waals surface area contributed by atoms with E-state index in [4.69, 9.17) is 0 Å². The summed E-state index contributed by atoms with van der Waals surface area (Å²) in [5.74, 6) is 0.594. The number of hydrogen-bond acceptors (Lipinski definition) is 1. The molecule has 0 saturated heterocycles. The van der Waals surface area contributed by atoms with Crippen LogP contribution in [-0.2, 0) is 0 Å². The van der Waals surface area contributed by atoms with Crippen molar-refractivity contribution in [1.29, 1.82) is 0 Å². The molecule has 16 heavy (non-hydrogen) atoms. The van der Waals surface area contributed by atoms with Crippen LogP contribution in [0.2, 0.25) is 0 Å². The van der Waals surface area contributed by atoms with Gasteiger partial charge in [-0.2, -0.15) is 0 Å². The molecule has 0 atom stereocenters. The third-order valence-corrected chi connectivity index (χ3v) is 2.59. The molecule has 1 aromatic carbocycles. The average Bonchev–Trinajstić information content (AvgIpc) is 2.30. The first-order chi connectivity index (χ1) is 7.27. The van der Waals surface area contributed by atoms with Crippen molar-refractivity contribution in [1.82, 2.24) is 4.98 Å². The lowest BCUT2D eigenvalue weighted by Crippen LogP contribution is -1.86. The van der Waals surface area contributed by atoms with E-state index in [1.54, 1.807) is 0 Å². The van der Waals surface area contributed by atoms with Crippen molar-refractivity contribution in [3.63, 3.8) is 0 Å². The summed E-state index contributed by atoms with van der Waals surface area (Å²) in [6.45, 7) is 4.42. The second-order valence-electron chi connectivity index (χ2n) is 4.01. The Hall–Kier alpha value is -1.63. The van der Waals surface area contributed by atoms with Gasteiger partial charge in [0, 0.05) is 12.4 Å². The van der Waals surface area contributed by atoms with E-state index in [2.05, 4.69) is 43.1 Å². The summed E-state index contributed by atoms with van der Waals surface area (Å²) in [5, 5.41) is 0. The minimum Gasteiger partial charge on any atom is -0.265 e. The highest BCUT2D eigenvalue weighted by Crippen LogP contribution is 2.21. The van der Waals surface area contributed by atoms with E-state index in [9.17, 15) is 0 Å².